The van der Waals surface area contributed by atoms with E-state index >= 15 is 0 Å². The van der Waals surface area contributed by atoms with Crippen LogP contribution in [0.25, 0.3) is 0 Å². The fourth-order valence-corrected chi connectivity index (χ4v) is 1.02. The van der Waals surface area contributed by atoms with Gasteiger partial charge in [0.1, 0.15) is 6.17 Å². The van der Waals surface area contributed by atoms with Gasteiger partial charge in [-0.15, -0.1) is 0 Å². The van der Waals surface area contributed by atoms with Crippen molar-refractivity contribution in [1.82, 2.24) is 5.32 Å². The van der Waals surface area contributed by atoms with Crippen LogP contribution in [0.1, 0.15) is 6.42 Å². The molecule has 1 atom stereocenters. The van der Waals surface area contributed by atoms with E-state index in [-0.39, 0.29) is 0 Å². The Kier molecular flexibility index (Phi) is 2.63. The maximum Gasteiger partial charge on any atom is 0.126 e. The van der Waals surface area contributed by atoms with Crippen molar-refractivity contribution in [2.75, 3.05) is 13.6 Å². The fraction of sp³-hybridized carbons (Fsp3) is 0.500. The summed E-state index contributed by atoms with van der Waals surface area (Å²) in [5.74, 6) is 0. The quantitative estimate of drug-likeness (QED) is 0.613. The Labute approximate surface area is 60.6 Å². The molecule has 0 fully saturated rings. The maximum absolute atomic E-state index is 12.9. The van der Waals surface area contributed by atoms with Crippen LogP contribution in [0.2, 0.25) is 0 Å². The molecule has 56 valence electrons. The molecule has 1 aliphatic rings. The molecule has 1 aliphatic carbocycles. The Morgan fingerprint density at radius 3 is 3.20 bits per heavy atom. The molecule has 10 heavy (non-hydrogen) atoms. The normalized spacial score (nSPS) is 24.6. The first-order chi connectivity index (χ1) is 4.84. The third kappa shape index (κ3) is 1.67. The lowest BCUT2D eigenvalue weighted by Gasteiger charge is -2.12. The highest BCUT2D eigenvalue weighted by Crippen LogP contribution is 2.15. The van der Waals surface area contributed by atoms with E-state index in [4.69, 9.17) is 0 Å². The van der Waals surface area contributed by atoms with Crippen LogP contribution < -0.4 is 5.32 Å². The van der Waals surface area contributed by atoms with Gasteiger partial charge in [0, 0.05) is 13.0 Å². The Morgan fingerprint density at radius 2 is 2.60 bits per heavy atom. The minimum absolute atomic E-state index is 0.535. The maximum atomic E-state index is 12.9. The molecule has 0 aliphatic heterocycles. The predicted octanol–water partition coefficient (Wildman–Crippen LogP) is 1.43. The van der Waals surface area contributed by atoms with Crippen LogP contribution in [0.4, 0.5) is 4.39 Å². The molecule has 1 unspecified atom stereocenters. The summed E-state index contributed by atoms with van der Waals surface area (Å²) in [6, 6.07) is 0. The third-order valence-corrected chi connectivity index (χ3v) is 1.57. The summed E-state index contributed by atoms with van der Waals surface area (Å²) in [4.78, 5) is 0. The van der Waals surface area contributed by atoms with Crippen LogP contribution in [-0.4, -0.2) is 19.8 Å². The summed E-state index contributed by atoms with van der Waals surface area (Å²) in [6.07, 6.45) is 5.36. The molecule has 0 bridgehead atoms. The van der Waals surface area contributed by atoms with Crippen molar-refractivity contribution >= 4 is 0 Å². The summed E-state index contributed by atoms with van der Waals surface area (Å²) in [6.45, 7) is 0.658. The summed E-state index contributed by atoms with van der Waals surface area (Å²) in [5.41, 5.74) is 0.852. The molecule has 0 saturated heterocycles. The number of nitrogens with one attached hydrogen (secondary N) is 1. The van der Waals surface area contributed by atoms with E-state index < -0.39 is 6.17 Å². The average Bonchev–Trinajstić information content (AvgIpc) is 1.94. The Morgan fingerprint density at radius 1 is 1.80 bits per heavy atom. The molecule has 0 aromatic heterocycles. The summed E-state index contributed by atoms with van der Waals surface area (Å²) in [7, 11) is 1.83. The van der Waals surface area contributed by atoms with Crippen LogP contribution in [0.3, 0.4) is 0 Å². The minimum atomic E-state index is -0.766. The smallest absolute Gasteiger partial charge is 0.126 e. The summed E-state index contributed by atoms with van der Waals surface area (Å²) in [5, 5.41) is 2.93. The van der Waals surface area contributed by atoms with Gasteiger partial charge in [-0.2, -0.15) is 0 Å². The first kappa shape index (κ1) is 7.48. The summed E-state index contributed by atoms with van der Waals surface area (Å²) < 4.78 is 12.9. The van der Waals surface area contributed by atoms with Gasteiger partial charge in [-0.3, -0.25) is 0 Å². The van der Waals surface area contributed by atoms with Crippen LogP contribution in [0.5, 0.6) is 0 Å². The standard InChI is InChI=1S/C8H12FN/c1-10-6-7-4-2-3-5-8(7)9/h2-4,8,10H,5-6H2,1H3. The highest BCUT2D eigenvalue weighted by atomic mass is 19.1. The number of alkyl halides is 1. The van der Waals surface area contributed by atoms with Gasteiger partial charge in [0.15, 0.2) is 0 Å². The molecule has 0 heterocycles. The van der Waals surface area contributed by atoms with Gasteiger partial charge in [-0.05, 0) is 12.6 Å². The van der Waals surface area contributed by atoms with Gasteiger partial charge in [0.05, 0.1) is 0 Å². The van der Waals surface area contributed by atoms with Crippen molar-refractivity contribution in [3.8, 4) is 0 Å². The molecule has 0 saturated carbocycles. The second-order valence-electron chi connectivity index (χ2n) is 2.40. The summed E-state index contributed by atoms with van der Waals surface area (Å²) >= 11 is 0. The fourth-order valence-electron chi connectivity index (χ4n) is 1.02. The van der Waals surface area contributed by atoms with Gasteiger partial charge in [0.2, 0.25) is 0 Å². The average molecular weight is 141 g/mol. The van der Waals surface area contributed by atoms with Crippen molar-refractivity contribution in [3.05, 3.63) is 23.8 Å². The van der Waals surface area contributed by atoms with E-state index in [1.807, 2.05) is 25.3 Å². The highest BCUT2D eigenvalue weighted by Gasteiger charge is 2.11. The SMILES string of the molecule is CNCC1=CC=CCC1F. The van der Waals surface area contributed by atoms with Gasteiger partial charge in [-0.25, -0.2) is 4.39 Å². The van der Waals surface area contributed by atoms with Crippen LogP contribution >= 0.6 is 0 Å². The second kappa shape index (κ2) is 3.52. The van der Waals surface area contributed by atoms with Gasteiger partial charge < -0.3 is 5.32 Å². The van der Waals surface area contributed by atoms with Crippen molar-refractivity contribution in [2.24, 2.45) is 0 Å². The second-order valence-corrected chi connectivity index (χ2v) is 2.40. The monoisotopic (exact) mass is 141 g/mol. The number of allylic oxidation sites excluding steroid dienone is 3. The molecule has 0 amide bonds. The van der Waals surface area contributed by atoms with Gasteiger partial charge >= 0.3 is 0 Å². The van der Waals surface area contributed by atoms with Crippen LogP contribution in [-0.2, 0) is 0 Å². The van der Waals surface area contributed by atoms with Crippen molar-refractivity contribution < 1.29 is 4.39 Å². The largest absolute Gasteiger partial charge is 0.316 e. The first-order valence-electron chi connectivity index (χ1n) is 3.49. The molecule has 2 heteroatoms. The Bertz CT molecular complexity index is 161. The molecular weight excluding hydrogens is 129 g/mol. The van der Waals surface area contributed by atoms with E-state index in [1.54, 1.807) is 0 Å². The Balaban J connectivity index is 2.52. The zero-order chi connectivity index (χ0) is 7.40. The Hall–Kier alpha value is -0.630. The lowest BCUT2D eigenvalue weighted by Crippen LogP contribution is -2.18. The molecule has 0 spiro atoms. The van der Waals surface area contributed by atoms with Crippen LogP contribution in [0, 0.1) is 0 Å². The molecule has 0 aromatic carbocycles. The van der Waals surface area contributed by atoms with E-state index in [9.17, 15) is 4.39 Å². The lowest BCUT2D eigenvalue weighted by molar-refractivity contribution is 0.376. The molecule has 1 nitrogen and oxygen atoms in total. The van der Waals surface area contributed by atoms with E-state index in [0.29, 0.717) is 13.0 Å². The van der Waals surface area contributed by atoms with Crippen LogP contribution in [0.15, 0.2) is 23.8 Å². The van der Waals surface area contributed by atoms with Crippen molar-refractivity contribution in [1.29, 1.82) is 0 Å². The van der Waals surface area contributed by atoms with Gasteiger partial charge in [0.25, 0.3) is 0 Å². The highest BCUT2D eigenvalue weighted by molar-refractivity contribution is 5.23. The van der Waals surface area contributed by atoms with E-state index in [0.717, 1.165) is 5.57 Å². The zero-order valence-electron chi connectivity index (χ0n) is 6.10. The first-order valence-corrected chi connectivity index (χ1v) is 3.49. The van der Waals surface area contributed by atoms with Gasteiger partial charge in [-0.1, -0.05) is 18.2 Å². The number of rotatable bonds is 2. The predicted molar refractivity (Wildman–Crippen MR) is 40.7 cm³/mol. The minimum Gasteiger partial charge on any atom is -0.316 e. The number of hydrogen-bond donors (Lipinski definition) is 1. The number of halogens is 1. The van der Waals surface area contributed by atoms with E-state index in [2.05, 4.69) is 5.32 Å². The van der Waals surface area contributed by atoms with Crippen molar-refractivity contribution in [2.45, 2.75) is 12.6 Å². The lowest BCUT2D eigenvalue weighted by atomic mass is 10.0. The number of likely N-dealkylation sites (N-methyl/N-ethyl adjacent to an activating group) is 1. The molecule has 0 aromatic rings. The van der Waals surface area contributed by atoms with Crippen molar-refractivity contribution in [3.63, 3.8) is 0 Å². The molecule has 0 radical (unpaired) electrons. The number of hydrogen-bond acceptors (Lipinski definition) is 1. The molecular formula is C8H12FN. The van der Waals surface area contributed by atoms with E-state index in [1.165, 1.54) is 0 Å². The third-order valence-electron chi connectivity index (χ3n) is 1.57. The zero-order valence-corrected chi connectivity index (χ0v) is 6.10. The molecule has 1 N–H and O–H groups in total. The molecule has 1 rings (SSSR count). The topological polar surface area (TPSA) is 12.0 Å².